The van der Waals surface area contributed by atoms with Crippen molar-refractivity contribution in [1.82, 2.24) is 14.9 Å². The van der Waals surface area contributed by atoms with Crippen LogP contribution in [-0.4, -0.2) is 46.7 Å². The molecule has 1 aliphatic rings. The Labute approximate surface area is 147 Å². The number of amides is 1. The topological polar surface area (TPSA) is 58.2 Å². The molecule has 1 aromatic carbocycles. The van der Waals surface area contributed by atoms with E-state index in [1.54, 1.807) is 7.11 Å². The van der Waals surface area contributed by atoms with Gasteiger partial charge in [0.05, 0.1) is 23.9 Å². The van der Waals surface area contributed by atoms with Gasteiger partial charge in [-0.2, -0.15) is 0 Å². The Morgan fingerprint density at radius 3 is 2.83 bits per heavy atom. The maximum Gasteiger partial charge on any atom is 0.233 e. The van der Waals surface area contributed by atoms with E-state index in [1.807, 2.05) is 30.1 Å². The van der Waals surface area contributed by atoms with Crippen molar-refractivity contribution in [2.45, 2.75) is 43.8 Å². The van der Waals surface area contributed by atoms with Crippen LogP contribution in [0, 0.1) is 5.92 Å². The van der Waals surface area contributed by atoms with Crippen molar-refractivity contribution in [3.05, 3.63) is 18.2 Å². The number of hydrogen-bond acceptors (Lipinski definition) is 4. The number of H-pyrrole nitrogens is 1. The predicted octanol–water partition coefficient (Wildman–Crippen LogP) is 3.70. The van der Waals surface area contributed by atoms with Crippen LogP contribution in [-0.2, 0) is 4.79 Å². The first kappa shape index (κ1) is 17.1. The predicted molar refractivity (Wildman–Crippen MR) is 97.6 cm³/mol. The van der Waals surface area contributed by atoms with Crippen LogP contribution in [0.25, 0.3) is 11.0 Å². The van der Waals surface area contributed by atoms with Crippen LogP contribution in [0.4, 0.5) is 0 Å². The number of aromatic amines is 1. The van der Waals surface area contributed by atoms with Crippen molar-refractivity contribution in [2.75, 3.05) is 19.9 Å². The average Bonchev–Trinajstić information content (AvgIpc) is 3.01. The summed E-state index contributed by atoms with van der Waals surface area (Å²) >= 11 is 1.46. The standard InChI is InChI=1S/C18H25N3O2S/c1-12-4-6-13(7-5-12)21(2)17(22)11-24-18-19-15-9-8-14(23-3)10-16(15)20-18/h8-10,12-13H,4-7,11H2,1-3H3,(H,19,20). The van der Waals surface area contributed by atoms with Gasteiger partial charge in [0.2, 0.25) is 5.91 Å². The highest BCUT2D eigenvalue weighted by atomic mass is 32.2. The highest BCUT2D eigenvalue weighted by molar-refractivity contribution is 7.99. The lowest BCUT2D eigenvalue weighted by Crippen LogP contribution is -2.40. The Morgan fingerprint density at radius 1 is 1.38 bits per heavy atom. The molecule has 3 rings (SSSR count). The lowest BCUT2D eigenvalue weighted by atomic mass is 9.87. The number of benzene rings is 1. The van der Waals surface area contributed by atoms with Gasteiger partial charge in [-0.3, -0.25) is 4.79 Å². The third-order valence-corrected chi connectivity index (χ3v) is 5.78. The van der Waals surface area contributed by atoms with E-state index < -0.39 is 0 Å². The largest absolute Gasteiger partial charge is 0.497 e. The van der Waals surface area contributed by atoms with Crippen LogP contribution < -0.4 is 4.74 Å². The lowest BCUT2D eigenvalue weighted by Gasteiger charge is -2.33. The third kappa shape index (κ3) is 3.86. The van der Waals surface area contributed by atoms with Crippen LogP contribution in [0.5, 0.6) is 5.75 Å². The minimum Gasteiger partial charge on any atom is -0.497 e. The molecule has 24 heavy (non-hydrogen) atoms. The molecule has 0 bridgehead atoms. The molecule has 1 amide bonds. The number of nitrogens with one attached hydrogen (secondary N) is 1. The highest BCUT2D eigenvalue weighted by Gasteiger charge is 2.24. The molecular weight excluding hydrogens is 322 g/mol. The molecule has 0 saturated heterocycles. The summed E-state index contributed by atoms with van der Waals surface area (Å²) in [4.78, 5) is 22.2. The Morgan fingerprint density at radius 2 is 2.12 bits per heavy atom. The van der Waals surface area contributed by atoms with Gasteiger partial charge in [-0.1, -0.05) is 18.7 Å². The summed E-state index contributed by atoms with van der Waals surface area (Å²) in [7, 11) is 3.58. The van der Waals surface area contributed by atoms with E-state index in [9.17, 15) is 4.79 Å². The number of ether oxygens (including phenoxy) is 1. The van der Waals surface area contributed by atoms with Gasteiger partial charge >= 0.3 is 0 Å². The van der Waals surface area contributed by atoms with Crippen molar-refractivity contribution >= 4 is 28.7 Å². The number of rotatable bonds is 5. The van der Waals surface area contributed by atoms with E-state index in [2.05, 4.69) is 16.9 Å². The number of thioether (sulfide) groups is 1. The summed E-state index contributed by atoms with van der Waals surface area (Å²) in [6.45, 7) is 2.30. The number of carbonyl (C=O) groups excluding carboxylic acids is 1. The van der Waals surface area contributed by atoms with Crippen molar-refractivity contribution in [3.8, 4) is 5.75 Å². The fourth-order valence-corrected chi connectivity index (χ4v) is 4.03. The Hall–Kier alpha value is -1.69. The first-order valence-corrected chi connectivity index (χ1v) is 9.47. The van der Waals surface area contributed by atoms with Gasteiger partial charge in [0.1, 0.15) is 5.75 Å². The summed E-state index contributed by atoms with van der Waals surface area (Å²) < 4.78 is 5.22. The summed E-state index contributed by atoms with van der Waals surface area (Å²) in [5.74, 6) is 2.19. The van der Waals surface area contributed by atoms with Gasteiger partial charge in [0.25, 0.3) is 0 Å². The summed E-state index contributed by atoms with van der Waals surface area (Å²) in [5, 5.41) is 0.775. The van der Waals surface area contributed by atoms with Crippen molar-refractivity contribution < 1.29 is 9.53 Å². The average molecular weight is 347 g/mol. The molecule has 0 atom stereocenters. The Bertz CT molecular complexity index is 707. The van der Waals surface area contributed by atoms with E-state index in [0.29, 0.717) is 11.8 Å². The minimum atomic E-state index is 0.178. The Balaban J connectivity index is 1.57. The van der Waals surface area contributed by atoms with Crippen molar-refractivity contribution in [1.29, 1.82) is 0 Å². The number of hydrogen-bond donors (Lipinski definition) is 1. The molecule has 1 saturated carbocycles. The van der Waals surface area contributed by atoms with Crippen LogP contribution in [0.15, 0.2) is 23.4 Å². The summed E-state index contributed by atoms with van der Waals surface area (Å²) in [6.07, 6.45) is 4.69. The van der Waals surface area contributed by atoms with Crippen LogP contribution >= 0.6 is 11.8 Å². The van der Waals surface area contributed by atoms with Crippen molar-refractivity contribution in [3.63, 3.8) is 0 Å². The molecular formula is C18H25N3O2S. The van der Waals surface area contributed by atoms with Gasteiger partial charge < -0.3 is 14.6 Å². The highest BCUT2D eigenvalue weighted by Crippen LogP contribution is 2.27. The quantitative estimate of drug-likeness (QED) is 0.838. The molecule has 0 spiro atoms. The van der Waals surface area contributed by atoms with Crippen LogP contribution in [0.1, 0.15) is 32.6 Å². The molecule has 5 nitrogen and oxygen atoms in total. The number of fused-ring (bicyclic) bond motifs is 1. The van der Waals surface area contributed by atoms with Gasteiger partial charge in [0, 0.05) is 19.2 Å². The second kappa shape index (κ2) is 7.47. The second-order valence-electron chi connectivity index (χ2n) is 6.63. The summed E-state index contributed by atoms with van der Waals surface area (Å²) in [6, 6.07) is 6.13. The fraction of sp³-hybridized carbons (Fsp3) is 0.556. The SMILES string of the molecule is COc1ccc2nc(SCC(=O)N(C)C3CCC(C)CC3)[nH]c2c1. The van der Waals surface area contributed by atoms with Gasteiger partial charge in [-0.05, 0) is 43.7 Å². The second-order valence-corrected chi connectivity index (χ2v) is 7.60. The van der Waals surface area contributed by atoms with Gasteiger partial charge in [0.15, 0.2) is 5.16 Å². The fourth-order valence-electron chi connectivity index (χ4n) is 3.23. The number of methoxy groups -OCH3 is 1. The summed E-state index contributed by atoms with van der Waals surface area (Å²) in [5.41, 5.74) is 1.82. The zero-order valence-corrected chi connectivity index (χ0v) is 15.4. The molecule has 130 valence electrons. The van der Waals surface area contributed by atoms with Crippen LogP contribution in [0.2, 0.25) is 0 Å². The normalized spacial score (nSPS) is 21.0. The third-order valence-electron chi connectivity index (χ3n) is 4.93. The first-order valence-electron chi connectivity index (χ1n) is 8.49. The maximum absolute atomic E-state index is 12.5. The molecule has 1 aliphatic carbocycles. The molecule has 1 heterocycles. The minimum absolute atomic E-state index is 0.178. The molecule has 0 radical (unpaired) electrons. The molecule has 0 aliphatic heterocycles. The molecule has 0 unspecified atom stereocenters. The van der Waals surface area contributed by atoms with Crippen molar-refractivity contribution in [2.24, 2.45) is 5.92 Å². The van der Waals surface area contributed by atoms with E-state index in [1.165, 1.54) is 24.6 Å². The van der Waals surface area contributed by atoms with E-state index in [-0.39, 0.29) is 5.91 Å². The zero-order chi connectivity index (χ0) is 17.1. The smallest absolute Gasteiger partial charge is 0.233 e. The monoisotopic (exact) mass is 347 g/mol. The molecule has 1 aromatic heterocycles. The van der Waals surface area contributed by atoms with E-state index >= 15 is 0 Å². The number of imidazole rings is 1. The van der Waals surface area contributed by atoms with Gasteiger partial charge in [-0.25, -0.2) is 4.98 Å². The lowest BCUT2D eigenvalue weighted by molar-refractivity contribution is -0.129. The number of aromatic nitrogens is 2. The molecule has 1 N–H and O–H groups in total. The number of carbonyl (C=O) groups is 1. The number of nitrogens with zero attached hydrogens (tertiary/aromatic N) is 2. The van der Waals surface area contributed by atoms with E-state index in [4.69, 9.17) is 4.74 Å². The Kier molecular flexibility index (Phi) is 5.33. The van der Waals surface area contributed by atoms with Crippen LogP contribution in [0.3, 0.4) is 0 Å². The van der Waals surface area contributed by atoms with E-state index in [0.717, 1.165) is 40.7 Å². The van der Waals surface area contributed by atoms with Gasteiger partial charge in [-0.15, -0.1) is 0 Å². The molecule has 1 fully saturated rings. The first-order chi connectivity index (χ1) is 11.6. The zero-order valence-electron chi connectivity index (χ0n) is 14.5. The molecule has 2 aromatic rings. The maximum atomic E-state index is 12.5. The molecule has 6 heteroatoms.